The number of carbonyl (C=O) groups is 2. The average Bonchev–Trinajstić information content (AvgIpc) is 3.63. The van der Waals surface area contributed by atoms with Gasteiger partial charge in [0, 0.05) is 0 Å². The quantitative estimate of drug-likeness (QED) is 0.0695. The van der Waals surface area contributed by atoms with Crippen LogP contribution in [0.2, 0.25) is 0 Å². The maximum absolute atomic E-state index is 14.3. The fourth-order valence-corrected chi connectivity index (χ4v) is 7.14. The van der Waals surface area contributed by atoms with E-state index in [0.29, 0.717) is 31.2 Å². The van der Waals surface area contributed by atoms with Crippen molar-refractivity contribution in [3.63, 3.8) is 0 Å². The number of hydrogen-bond donors (Lipinski definition) is 0. The summed E-state index contributed by atoms with van der Waals surface area (Å²) in [6, 6.07) is 43.1. The molecule has 1 aliphatic carbocycles. The van der Waals surface area contributed by atoms with Crippen LogP contribution in [0.4, 0.5) is 13.2 Å². The summed E-state index contributed by atoms with van der Waals surface area (Å²) < 4.78 is 61.0. The van der Waals surface area contributed by atoms with Crippen molar-refractivity contribution in [3.8, 4) is 11.6 Å². The van der Waals surface area contributed by atoms with Gasteiger partial charge in [0.2, 0.25) is 12.5 Å². The Labute approximate surface area is 315 Å². The predicted octanol–water partition coefficient (Wildman–Crippen LogP) is 9.09. The van der Waals surface area contributed by atoms with Crippen molar-refractivity contribution in [1.29, 1.82) is 0 Å². The number of alkyl halides is 3. The third-order valence-electron chi connectivity index (χ3n) is 9.65. The van der Waals surface area contributed by atoms with E-state index in [-0.39, 0.29) is 29.3 Å². The van der Waals surface area contributed by atoms with Crippen LogP contribution >= 0.6 is 0 Å². The monoisotopic (exact) mass is 747 g/mol. The molecule has 0 bridgehead atoms. The third kappa shape index (κ3) is 8.23. The van der Waals surface area contributed by atoms with E-state index in [1.807, 2.05) is 91.0 Å². The van der Waals surface area contributed by atoms with Gasteiger partial charge in [-0.25, -0.2) is 14.3 Å². The molecule has 0 unspecified atom stereocenters. The molecule has 0 aliphatic heterocycles. The highest BCUT2D eigenvalue weighted by molar-refractivity contribution is 5.91. The number of hydrogen-bond acceptors (Lipinski definition) is 8. The van der Waals surface area contributed by atoms with Gasteiger partial charge in [-0.15, -0.1) is 13.2 Å². The van der Waals surface area contributed by atoms with Gasteiger partial charge in [0.1, 0.15) is 17.4 Å². The third-order valence-corrected chi connectivity index (χ3v) is 9.65. The van der Waals surface area contributed by atoms with E-state index < -0.39 is 30.6 Å². The minimum Gasteiger partial charge on any atom is -0.472 e. The van der Waals surface area contributed by atoms with Crippen LogP contribution in [0.5, 0.6) is 11.6 Å². The number of esters is 2. The van der Waals surface area contributed by atoms with E-state index in [4.69, 9.17) is 14.2 Å². The molecule has 9 nitrogen and oxygen atoms in total. The highest BCUT2D eigenvalue weighted by atomic mass is 19.4. The molecule has 0 saturated heterocycles. The molecule has 12 heteroatoms. The summed E-state index contributed by atoms with van der Waals surface area (Å²) in [7, 11) is 0. The summed E-state index contributed by atoms with van der Waals surface area (Å²) in [5.41, 5.74) is 2.20. The highest BCUT2D eigenvalue weighted by Gasteiger charge is 2.44. The summed E-state index contributed by atoms with van der Waals surface area (Å²) in [6.45, 7) is -0.676. The number of ether oxygens (including phenoxy) is 4. The molecule has 0 amide bonds. The topological polar surface area (TPSA) is 102 Å². The molecule has 1 heterocycles. The molecule has 0 radical (unpaired) electrons. The zero-order valence-electron chi connectivity index (χ0n) is 29.5. The van der Waals surface area contributed by atoms with Crippen LogP contribution in [-0.4, -0.2) is 46.2 Å². The number of benzene rings is 5. The molecule has 0 spiro atoms. The fraction of sp³-hybridized carbons (Fsp3) is 0.209. The van der Waals surface area contributed by atoms with Gasteiger partial charge in [0.25, 0.3) is 5.88 Å². The molecule has 55 heavy (non-hydrogen) atoms. The average molecular weight is 748 g/mol. The Hall–Kier alpha value is -6.43. The molecule has 5 aromatic carbocycles. The Kier molecular flexibility index (Phi) is 10.9. The summed E-state index contributed by atoms with van der Waals surface area (Å²) >= 11 is 0. The second-order valence-electron chi connectivity index (χ2n) is 13.0. The first-order valence-electron chi connectivity index (χ1n) is 17.8. The van der Waals surface area contributed by atoms with Crippen molar-refractivity contribution < 1.29 is 41.7 Å². The highest BCUT2D eigenvalue weighted by Crippen LogP contribution is 2.43. The molecule has 0 atom stereocenters. The number of nitrogens with zero attached hydrogens (tertiary/aromatic N) is 3. The Morgan fingerprint density at radius 2 is 1.13 bits per heavy atom. The summed E-state index contributed by atoms with van der Waals surface area (Å²) in [5.74, 6) is -1.78. The minimum absolute atomic E-state index is 0.0522. The van der Waals surface area contributed by atoms with E-state index in [2.05, 4.69) is 15.0 Å². The van der Waals surface area contributed by atoms with Crippen LogP contribution in [-0.2, 0) is 15.0 Å². The van der Waals surface area contributed by atoms with Gasteiger partial charge in [-0.05, 0) is 78.1 Å². The molecule has 6 aromatic rings. The zero-order chi connectivity index (χ0) is 38.3. The lowest BCUT2D eigenvalue weighted by Crippen LogP contribution is -2.41. The van der Waals surface area contributed by atoms with Crippen molar-refractivity contribution in [1.82, 2.24) is 15.0 Å². The SMILES string of the molecule is O=C(OCOC(=O)c1c(OC2CCC(c3ccc(OC(F)(F)F)cc3)CC2)nnn1C(c1ccccc1)(c1ccccc1)c1ccccc1)c1ccccc1. The van der Waals surface area contributed by atoms with Crippen LogP contribution in [0, 0.1) is 0 Å². The smallest absolute Gasteiger partial charge is 0.472 e. The molecule has 0 N–H and O–H groups in total. The lowest BCUT2D eigenvalue weighted by molar-refractivity contribution is -0.274. The minimum atomic E-state index is -4.76. The molecule has 1 aliphatic rings. The molecule has 1 fully saturated rings. The van der Waals surface area contributed by atoms with Crippen molar-refractivity contribution in [2.45, 2.75) is 49.6 Å². The summed E-state index contributed by atoms with van der Waals surface area (Å²) in [4.78, 5) is 27.0. The van der Waals surface area contributed by atoms with Gasteiger partial charge in [0.05, 0.1) is 5.56 Å². The van der Waals surface area contributed by atoms with Crippen LogP contribution in [0.25, 0.3) is 0 Å². The fourth-order valence-electron chi connectivity index (χ4n) is 7.14. The van der Waals surface area contributed by atoms with E-state index in [9.17, 15) is 22.8 Å². The van der Waals surface area contributed by atoms with Gasteiger partial charge >= 0.3 is 18.3 Å². The second-order valence-corrected chi connectivity index (χ2v) is 13.0. The molecule has 7 rings (SSSR count). The summed E-state index contributed by atoms with van der Waals surface area (Å²) in [5, 5.41) is 9.09. The normalized spacial score (nSPS) is 15.8. The first-order valence-corrected chi connectivity index (χ1v) is 17.8. The van der Waals surface area contributed by atoms with E-state index in [1.165, 1.54) is 16.8 Å². The molecule has 1 saturated carbocycles. The van der Waals surface area contributed by atoms with Crippen molar-refractivity contribution in [3.05, 3.63) is 179 Å². The molecular weight excluding hydrogens is 711 g/mol. The van der Waals surface area contributed by atoms with Crippen LogP contribution in [0.15, 0.2) is 146 Å². The number of aromatic nitrogens is 3. The van der Waals surface area contributed by atoms with E-state index in [1.54, 1.807) is 42.5 Å². The van der Waals surface area contributed by atoms with Crippen molar-refractivity contribution in [2.24, 2.45) is 0 Å². The van der Waals surface area contributed by atoms with E-state index >= 15 is 0 Å². The van der Waals surface area contributed by atoms with Gasteiger partial charge in [-0.3, -0.25) is 0 Å². The van der Waals surface area contributed by atoms with Gasteiger partial charge < -0.3 is 18.9 Å². The summed E-state index contributed by atoms with van der Waals surface area (Å²) in [6.07, 6.45) is -2.63. The Bertz CT molecular complexity index is 2080. The molecular formula is C43H36F3N3O6. The van der Waals surface area contributed by atoms with Crippen LogP contribution in [0.3, 0.4) is 0 Å². The lowest BCUT2D eigenvalue weighted by Gasteiger charge is -2.36. The van der Waals surface area contributed by atoms with Crippen molar-refractivity contribution >= 4 is 11.9 Å². The zero-order valence-corrected chi connectivity index (χ0v) is 29.5. The Balaban J connectivity index is 1.22. The van der Waals surface area contributed by atoms with Gasteiger partial charge in [0.15, 0.2) is 0 Å². The lowest BCUT2D eigenvalue weighted by atomic mass is 9.77. The first kappa shape index (κ1) is 36.9. The largest absolute Gasteiger partial charge is 0.573 e. The molecule has 280 valence electrons. The maximum Gasteiger partial charge on any atom is 0.573 e. The van der Waals surface area contributed by atoms with E-state index in [0.717, 1.165) is 22.3 Å². The number of halogens is 3. The first-order chi connectivity index (χ1) is 26.7. The predicted molar refractivity (Wildman–Crippen MR) is 196 cm³/mol. The Morgan fingerprint density at radius 3 is 1.64 bits per heavy atom. The number of carbonyl (C=O) groups excluding carboxylic acids is 2. The standard InChI is InChI=1S/C43H36F3N3O6/c44-43(45,46)55-37-27-23-31(24-28-37)30-21-25-36(26-22-30)54-39-38(41(51)53-29-52-40(50)32-13-5-1-6-14-32)49(48-47-39)42(33-15-7-2-8-16-33,34-17-9-3-10-18-34)35-19-11-4-12-20-35/h1-20,23-24,27-28,30,36H,21-22,25-26,29H2. The van der Waals surface area contributed by atoms with Crippen LogP contribution < -0.4 is 9.47 Å². The maximum atomic E-state index is 14.3. The number of rotatable bonds is 12. The van der Waals surface area contributed by atoms with Crippen LogP contribution in [0.1, 0.15) is 74.7 Å². The van der Waals surface area contributed by atoms with Crippen molar-refractivity contribution in [2.75, 3.05) is 6.79 Å². The van der Waals surface area contributed by atoms with Gasteiger partial charge in [-0.1, -0.05) is 132 Å². The Morgan fingerprint density at radius 1 is 0.636 bits per heavy atom. The van der Waals surface area contributed by atoms with Gasteiger partial charge in [-0.2, -0.15) is 0 Å². The molecule has 1 aromatic heterocycles. The second kappa shape index (κ2) is 16.3.